The number of benzene rings is 1. The Labute approximate surface area is 145 Å². The molecule has 1 aromatic rings. The molecule has 0 aliphatic carbocycles. The molecular formula is C13H19ClFN3O5S. The first kappa shape index (κ1) is 20.6. The largest absolute Gasteiger partial charge is 0.488 e. The summed E-state index contributed by atoms with van der Waals surface area (Å²) in [6.07, 6.45) is 1.17. The zero-order valence-corrected chi connectivity index (χ0v) is 14.7. The molecule has 0 aromatic heterocycles. The van der Waals surface area contributed by atoms with E-state index in [4.69, 9.17) is 0 Å². The Morgan fingerprint density at radius 2 is 2.12 bits per heavy atom. The zero-order valence-electron chi connectivity index (χ0n) is 13.1. The van der Waals surface area contributed by atoms with Crippen molar-refractivity contribution >= 4 is 28.1 Å². The van der Waals surface area contributed by atoms with Crippen LogP contribution in [0.1, 0.15) is 19.8 Å². The van der Waals surface area contributed by atoms with E-state index in [0.717, 1.165) is 19.2 Å². The maximum atomic E-state index is 13.9. The number of hydrogen-bond acceptors (Lipinski definition) is 6. The molecule has 1 aliphatic heterocycles. The minimum Gasteiger partial charge on any atom is -0.488 e. The monoisotopic (exact) mass is 383 g/mol. The van der Waals surface area contributed by atoms with Gasteiger partial charge in [-0.1, -0.05) is 0 Å². The van der Waals surface area contributed by atoms with E-state index >= 15 is 0 Å². The van der Waals surface area contributed by atoms with Crippen LogP contribution in [0.15, 0.2) is 17.0 Å². The van der Waals surface area contributed by atoms with Gasteiger partial charge in [-0.25, -0.2) is 17.5 Å². The van der Waals surface area contributed by atoms with E-state index < -0.39 is 37.1 Å². The second-order valence-corrected chi connectivity index (χ2v) is 7.13. The molecule has 1 fully saturated rings. The van der Waals surface area contributed by atoms with E-state index in [1.807, 2.05) is 6.92 Å². The molecule has 0 saturated carbocycles. The van der Waals surface area contributed by atoms with Crippen LogP contribution < -0.4 is 14.8 Å². The third-order valence-corrected chi connectivity index (χ3v) is 5.15. The van der Waals surface area contributed by atoms with Crippen molar-refractivity contribution in [3.05, 3.63) is 28.1 Å². The van der Waals surface area contributed by atoms with Gasteiger partial charge in [-0.3, -0.25) is 10.1 Å². The molecule has 24 heavy (non-hydrogen) atoms. The fraction of sp³-hybridized carbons (Fsp3) is 0.538. The van der Waals surface area contributed by atoms with Crippen molar-refractivity contribution in [3.8, 4) is 5.75 Å². The smallest absolute Gasteiger partial charge is 0.315 e. The second-order valence-electron chi connectivity index (χ2n) is 5.41. The molecule has 0 radical (unpaired) electrons. The van der Waals surface area contributed by atoms with Crippen LogP contribution in [0.25, 0.3) is 0 Å². The zero-order chi connectivity index (χ0) is 17.2. The molecular weight excluding hydrogens is 365 g/mol. The maximum absolute atomic E-state index is 13.9. The van der Waals surface area contributed by atoms with Gasteiger partial charge < -0.3 is 10.1 Å². The summed E-state index contributed by atoms with van der Waals surface area (Å²) in [5.74, 6) is -1.69. The fourth-order valence-corrected chi connectivity index (χ4v) is 3.89. The summed E-state index contributed by atoms with van der Waals surface area (Å²) in [4.78, 5) is 9.61. The molecule has 2 N–H and O–H groups in total. The fourth-order valence-electron chi connectivity index (χ4n) is 2.57. The molecule has 1 aromatic carbocycles. The predicted molar refractivity (Wildman–Crippen MR) is 87.7 cm³/mol. The van der Waals surface area contributed by atoms with Gasteiger partial charge in [-0.05, 0) is 32.4 Å². The molecule has 136 valence electrons. The van der Waals surface area contributed by atoms with Crippen LogP contribution >= 0.6 is 12.4 Å². The van der Waals surface area contributed by atoms with Crippen LogP contribution in [0.5, 0.6) is 5.75 Å². The highest BCUT2D eigenvalue weighted by molar-refractivity contribution is 7.89. The van der Waals surface area contributed by atoms with Crippen LogP contribution in [-0.4, -0.2) is 39.1 Å². The van der Waals surface area contributed by atoms with Gasteiger partial charge in [-0.2, -0.15) is 0 Å². The van der Waals surface area contributed by atoms with Crippen LogP contribution in [0, 0.1) is 15.9 Å². The van der Waals surface area contributed by atoms with Crippen molar-refractivity contribution < 1.29 is 22.5 Å². The van der Waals surface area contributed by atoms with Gasteiger partial charge in [0.25, 0.3) is 0 Å². The average Bonchev–Trinajstić information content (AvgIpc) is 2.45. The van der Waals surface area contributed by atoms with Crippen molar-refractivity contribution in [1.29, 1.82) is 0 Å². The Hall–Kier alpha value is -1.49. The number of piperidine rings is 1. The number of ether oxygens (including phenoxy) is 1. The number of sulfonamides is 1. The van der Waals surface area contributed by atoms with Gasteiger partial charge >= 0.3 is 5.69 Å². The Morgan fingerprint density at radius 1 is 1.46 bits per heavy atom. The Bertz CT molecular complexity index is 716. The van der Waals surface area contributed by atoms with Gasteiger partial charge in [0.2, 0.25) is 15.8 Å². The molecule has 2 rings (SSSR count). The molecule has 8 nitrogen and oxygen atoms in total. The number of nitrogens with one attached hydrogen (secondary N) is 2. The van der Waals surface area contributed by atoms with E-state index in [1.54, 1.807) is 0 Å². The first-order valence-corrected chi connectivity index (χ1v) is 8.50. The van der Waals surface area contributed by atoms with E-state index in [9.17, 15) is 22.9 Å². The summed E-state index contributed by atoms with van der Waals surface area (Å²) in [5, 5.41) is 14.2. The van der Waals surface area contributed by atoms with Gasteiger partial charge in [0.1, 0.15) is 0 Å². The molecule has 2 atom stereocenters. The SMILES string of the molecule is COc1c(F)cc(S(=O)(=O)NC2CCNC(C)C2)cc1[N+](=O)[O-].Cl. The van der Waals surface area contributed by atoms with Gasteiger partial charge in [0.15, 0.2) is 5.82 Å². The number of halogens is 2. The third kappa shape index (κ3) is 4.53. The number of nitro groups is 1. The lowest BCUT2D eigenvalue weighted by molar-refractivity contribution is -0.386. The van der Waals surface area contributed by atoms with Crippen LogP contribution in [-0.2, 0) is 10.0 Å². The summed E-state index contributed by atoms with van der Waals surface area (Å²) >= 11 is 0. The minimum atomic E-state index is -4.06. The number of nitro benzene ring substituents is 1. The minimum absolute atomic E-state index is 0. The number of rotatable bonds is 5. The Morgan fingerprint density at radius 3 is 2.67 bits per heavy atom. The quantitative estimate of drug-likeness (QED) is 0.590. The van der Waals surface area contributed by atoms with Crippen LogP contribution in [0.3, 0.4) is 0 Å². The number of hydrogen-bond donors (Lipinski definition) is 2. The molecule has 0 spiro atoms. The lowest BCUT2D eigenvalue weighted by Gasteiger charge is -2.28. The van der Waals surface area contributed by atoms with Gasteiger partial charge in [0, 0.05) is 18.2 Å². The van der Waals surface area contributed by atoms with Crippen LogP contribution in [0.4, 0.5) is 10.1 Å². The van der Waals surface area contributed by atoms with Gasteiger partial charge in [0.05, 0.1) is 16.9 Å². The topological polar surface area (TPSA) is 111 Å². The van der Waals surface area contributed by atoms with Crippen molar-refractivity contribution in [2.45, 2.75) is 36.7 Å². The van der Waals surface area contributed by atoms with Crippen molar-refractivity contribution in [2.24, 2.45) is 0 Å². The first-order valence-electron chi connectivity index (χ1n) is 7.02. The van der Waals surface area contributed by atoms with E-state index in [1.165, 1.54) is 0 Å². The lowest BCUT2D eigenvalue weighted by Crippen LogP contribution is -2.46. The standard InChI is InChI=1S/C13H18FN3O5S.ClH/c1-8-5-9(3-4-15-8)16-23(20,21)10-6-11(14)13(22-2)12(7-10)17(18)19;/h6-9,15-16H,3-5H2,1-2H3;1H. The van der Waals surface area contributed by atoms with E-state index in [0.29, 0.717) is 19.4 Å². The summed E-state index contributed by atoms with van der Waals surface area (Å²) in [6.45, 7) is 2.59. The first-order chi connectivity index (χ1) is 10.7. The Kier molecular flexibility index (Phi) is 6.90. The summed E-state index contributed by atoms with van der Waals surface area (Å²) in [7, 11) is -2.99. The third-order valence-electron chi connectivity index (χ3n) is 3.65. The van der Waals surface area contributed by atoms with Crippen molar-refractivity contribution in [3.63, 3.8) is 0 Å². The summed E-state index contributed by atoms with van der Waals surface area (Å²) in [5.41, 5.74) is -0.730. The Balaban J connectivity index is 0.00000288. The molecule has 0 bridgehead atoms. The highest BCUT2D eigenvalue weighted by Crippen LogP contribution is 2.32. The summed E-state index contributed by atoms with van der Waals surface area (Å²) < 4.78 is 45.8. The lowest BCUT2D eigenvalue weighted by atomic mass is 10.0. The molecule has 0 amide bonds. The van der Waals surface area contributed by atoms with E-state index in [2.05, 4.69) is 14.8 Å². The van der Waals surface area contributed by atoms with Crippen molar-refractivity contribution in [2.75, 3.05) is 13.7 Å². The van der Waals surface area contributed by atoms with Crippen LogP contribution in [0.2, 0.25) is 0 Å². The molecule has 1 aliphatic rings. The normalized spacial score (nSPS) is 21.0. The number of nitrogens with zero attached hydrogens (tertiary/aromatic N) is 1. The maximum Gasteiger partial charge on any atom is 0.315 e. The highest BCUT2D eigenvalue weighted by Gasteiger charge is 2.29. The van der Waals surface area contributed by atoms with E-state index in [-0.39, 0.29) is 24.5 Å². The summed E-state index contributed by atoms with van der Waals surface area (Å²) in [6, 6.07) is 1.37. The van der Waals surface area contributed by atoms with Gasteiger partial charge in [-0.15, -0.1) is 12.4 Å². The average molecular weight is 384 g/mol. The molecule has 1 heterocycles. The van der Waals surface area contributed by atoms with Crippen molar-refractivity contribution in [1.82, 2.24) is 10.0 Å². The highest BCUT2D eigenvalue weighted by atomic mass is 35.5. The molecule has 11 heteroatoms. The molecule has 1 saturated heterocycles. The predicted octanol–water partition coefficient (Wildman–Crippen LogP) is 1.58. The number of methoxy groups -OCH3 is 1. The second kappa shape index (κ2) is 8.06. The molecule has 2 unspecified atom stereocenters.